The summed E-state index contributed by atoms with van der Waals surface area (Å²) in [5.74, 6) is -2.28. The van der Waals surface area contributed by atoms with Gasteiger partial charge in [-0.2, -0.15) is 0 Å². The highest BCUT2D eigenvalue weighted by Gasteiger charge is 2.43. The molecule has 0 N–H and O–H groups in total. The van der Waals surface area contributed by atoms with Gasteiger partial charge in [0, 0.05) is 13.0 Å². The molecule has 160 valence electrons. The second kappa shape index (κ2) is 9.06. The Morgan fingerprint density at radius 3 is 2.23 bits per heavy atom. The van der Waals surface area contributed by atoms with Gasteiger partial charge >= 0.3 is 11.9 Å². The van der Waals surface area contributed by atoms with Crippen LogP contribution in [0.5, 0.6) is 0 Å². The third kappa shape index (κ3) is 3.92. The van der Waals surface area contributed by atoms with Crippen molar-refractivity contribution in [2.75, 3.05) is 20.8 Å². The summed E-state index contributed by atoms with van der Waals surface area (Å²) in [5.41, 5.74) is 0.528. The van der Waals surface area contributed by atoms with Crippen molar-refractivity contribution in [1.82, 2.24) is 9.80 Å². The van der Waals surface area contributed by atoms with Crippen LogP contribution < -0.4 is 0 Å². The maximum atomic E-state index is 12.7. The van der Waals surface area contributed by atoms with Gasteiger partial charge in [0.15, 0.2) is 0 Å². The number of unbranched alkanes of at least 4 members (excludes halogenated alkanes) is 1. The van der Waals surface area contributed by atoms with Gasteiger partial charge in [0.2, 0.25) is 5.91 Å². The van der Waals surface area contributed by atoms with Gasteiger partial charge in [-0.25, -0.2) is 9.59 Å². The number of nitrogens with zero attached hydrogens (tertiary/aromatic N) is 2. The van der Waals surface area contributed by atoms with Crippen LogP contribution in [0.3, 0.4) is 0 Å². The van der Waals surface area contributed by atoms with Gasteiger partial charge in [0.05, 0.1) is 25.3 Å². The predicted molar refractivity (Wildman–Crippen MR) is 103 cm³/mol. The SMILES string of the molecule is COC(=O)C1CCC(=O)N1CCCCC(C(=O)OC)N1C(=O)c2ccccc2C1=O. The molecule has 0 spiro atoms. The van der Waals surface area contributed by atoms with E-state index in [0.29, 0.717) is 32.2 Å². The first-order chi connectivity index (χ1) is 14.4. The quantitative estimate of drug-likeness (QED) is 0.355. The third-order valence-corrected chi connectivity index (χ3v) is 5.54. The number of imide groups is 1. The molecule has 1 aromatic carbocycles. The van der Waals surface area contributed by atoms with Crippen LogP contribution in [0.1, 0.15) is 52.8 Å². The van der Waals surface area contributed by atoms with E-state index in [1.165, 1.54) is 19.1 Å². The zero-order valence-corrected chi connectivity index (χ0v) is 17.0. The molecule has 30 heavy (non-hydrogen) atoms. The van der Waals surface area contributed by atoms with Crippen molar-refractivity contribution in [2.45, 2.75) is 44.2 Å². The number of carbonyl (C=O) groups excluding carboxylic acids is 5. The van der Waals surface area contributed by atoms with Gasteiger partial charge in [-0.1, -0.05) is 12.1 Å². The highest BCUT2D eigenvalue weighted by atomic mass is 16.5. The molecule has 0 radical (unpaired) electrons. The van der Waals surface area contributed by atoms with Crippen LogP contribution in [0.4, 0.5) is 0 Å². The van der Waals surface area contributed by atoms with Gasteiger partial charge in [0.25, 0.3) is 11.8 Å². The Hall–Kier alpha value is -3.23. The lowest BCUT2D eigenvalue weighted by molar-refractivity contribution is -0.149. The summed E-state index contributed by atoms with van der Waals surface area (Å²) in [6, 6.07) is 4.78. The van der Waals surface area contributed by atoms with Crippen molar-refractivity contribution in [3.8, 4) is 0 Å². The van der Waals surface area contributed by atoms with Crippen LogP contribution in [0, 0.1) is 0 Å². The first-order valence-electron chi connectivity index (χ1n) is 9.82. The standard InChI is InChI=1S/C21H24N2O7/c1-29-20(27)15-10-11-17(24)22(15)12-6-5-9-16(21(28)30-2)23-18(25)13-7-3-4-8-14(13)19(23)26/h3-4,7-8,15-16H,5-6,9-12H2,1-2H3. The molecule has 0 bridgehead atoms. The minimum atomic E-state index is -1.05. The van der Waals surface area contributed by atoms with Gasteiger partial charge in [-0.15, -0.1) is 0 Å². The highest BCUT2D eigenvalue weighted by molar-refractivity contribution is 6.22. The summed E-state index contributed by atoms with van der Waals surface area (Å²) >= 11 is 0. The molecular formula is C21H24N2O7. The molecule has 0 aliphatic carbocycles. The summed E-state index contributed by atoms with van der Waals surface area (Å²) in [5, 5.41) is 0. The Bertz CT molecular complexity index is 847. The van der Waals surface area contributed by atoms with Gasteiger partial charge in [-0.3, -0.25) is 19.3 Å². The van der Waals surface area contributed by atoms with E-state index in [4.69, 9.17) is 9.47 Å². The summed E-state index contributed by atoms with van der Waals surface area (Å²) in [4.78, 5) is 64.1. The molecule has 9 heteroatoms. The normalized spacial score (nSPS) is 19.1. The van der Waals surface area contributed by atoms with Crippen molar-refractivity contribution in [3.05, 3.63) is 35.4 Å². The minimum absolute atomic E-state index is 0.115. The van der Waals surface area contributed by atoms with Crippen LogP contribution in [0.2, 0.25) is 0 Å². The highest BCUT2D eigenvalue weighted by Crippen LogP contribution is 2.27. The number of carbonyl (C=O) groups is 5. The second-order valence-electron chi connectivity index (χ2n) is 7.23. The number of methoxy groups -OCH3 is 2. The molecule has 3 amide bonds. The van der Waals surface area contributed by atoms with Crippen LogP contribution >= 0.6 is 0 Å². The van der Waals surface area contributed by atoms with Gasteiger partial charge < -0.3 is 14.4 Å². The van der Waals surface area contributed by atoms with E-state index in [2.05, 4.69) is 0 Å². The largest absolute Gasteiger partial charge is 0.467 e. The third-order valence-electron chi connectivity index (χ3n) is 5.54. The molecule has 9 nitrogen and oxygen atoms in total. The lowest BCUT2D eigenvalue weighted by Crippen LogP contribution is -2.45. The summed E-state index contributed by atoms with van der Waals surface area (Å²) < 4.78 is 9.57. The first kappa shape index (κ1) is 21.5. The average Bonchev–Trinajstić information content (AvgIpc) is 3.25. The maximum absolute atomic E-state index is 12.7. The Morgan fingerprint density at radius 2 is 1.67 bits per heavy atom. The van der Waals surface area contributed by atoms with Crippen molar-refractivity contribution in [3.63, 3.8) is 0 Å². The van der Waals surface area contributed by atoms with E-state index in [1.807, 2.05) is 0 Å². The molecule has 2 unspecified atom stereocenters. The number of benzene rings is 1. The van der Waals surface area contributed by atoms with E-state index in [0.717, 1.165) is 4.90 Å². The number of hydrogen-bond acceptors (Lipinski definition) is 7. The van der Waals surface area contributed by atoms with Crippen LogP contribution in [0.25, 0.3) is 0 Å². The van der Waals surface area contributed by atoms with Crippen molar-refractivity contribution in [1.29, 1.82) is 0 Å². The molecule has 0 aromatic heterocycles. The minimum Gasteiger partial charge on any atom is -0.467 e. The number of likely N-dealkylation sites (tertiary alicyclic amines) is 1. The molecule has 1 saturated heterocycles. The van der Waals surface area contributed by atoms with Crippen LogP contribution in [-0.2, 0) is 23.9 Å². The number of amides is 3. The van der Waals surface area contributed by atoms with Crippen molar-refractivity contribution >= 4 is 29.7 Å². The molecule has 1 fully saturated rings. The fraction of sp³-hybridized carbons (Fsp3) is 0.476. The molecule has 3 rings (SSSR count). The fourth-order valence-electron chi connectivity index (χ4n) is 3.99. The average molecular weight is 416 g/mol. The van der Waals surface area contributed by atoms with Crippen molar-refractivity contribution in [2.24, 2.45) is 0 Å². The van der Waals surface area contributed by atoms with E-state index in [9.17, 15) is 24.0 Å². The van der Waals surface area contributed by atoms with E-state index in [1.54, 1.807) is 24.3 Å². The van der Waals surface area contributed by atoms with Gasteiger partial charge in [-0.05, 0) is 37.8 Å². The van der Waals surface area contributed by atoms with Crippen molar-refractivity contribution < 1.29 is 33.4 Å². The Kier molecular flexibility index (Phi) is 6.49. The van der Waals surface area contributed by atoms with E-state index < -0.39 is 35.8 Å². The summed E-state index contributed by atoms with van der Waals surface area (Å²) in [6.07, 6.45) is 1.86. The molecular weight excluding hydrogens is 392 g/mol. The van der Waals surface area contributed by atoms with E-state index in [-0.39, 0.29) is 23.5 Å². The first-order valence-corrected chi connectivity index (χ1v) is 9.82. The smallest absolute Gasteiger partial charge is 0.329 e. The summed E-state index contributed by atoms with van der Waals surface area (Å²) in [7, 11) is 2.49. The number of esters is 2. The van der Waals surface area contributed by atoms with Crippen LogP contribution in [0.15, 0.2) is 24.3 Å². The zero-order valence-electron chi connectivity index (χ0n) is 17.0. The monoisotopic (exact) mass is 416 g/mol. The maximum Gasteiger partial charge on any atom is 0.329 e. The second-order valence-corrected chi connectivity index (χ2v) is 7.23. The lowest BCUT2D eigenvalue weighted by atomic mass is 10.1. The molecule has 0 saturated carbocycles. The Morgan fingerprint density at radius 1 is 1.03 bits per heavy atom. The number of fused-ring (bicyclic) bond motifs is 1. The van der Waals surface area contributed by atoms with E-state index >= 15 is 0 Å². The summed E-state index contributed by atoms with van der Waals surface area (Å²) in [6.45, 7) is 0.328. The number of rotatable bonds is 8. The molecule has 1 aromatic rings. The zero-order chi connectivity index (χ0) is 21.8. The molecule has 2 atom stereocenters. The molecule has 2 heterocycles. The topological polar surface area (TPSA) is 110 Å². The Balaban J connectivity index is 1.64. The van der Waals surface area contributed by atoms with Gasteiger partial charge in [0.1, 0.15) is 12.1 Å². The molecule has 2 aliphatic heterocycles. The molecule has 2 aliphatic rings. The lowest BCUT2D eigenvalue weighted by Gasteiger charge is -2.25. The number of hydrogen-bond donors (Lipinski definition) is 0. The predicted octanol–water partition coefficient (Wildman–Crippen LogP) is 1.16. The fourth-order valence-corrected chi connectivity index (χ4v) is 3.99. The van der Waals surface area contributed by atoms with Crippen LogP contribution in [-0.4, -0.2) is 72.3 Å². The Labute approximate surface area is 173 Å². The number of ether oxygens (including phenoxy) is 2.